The van der Waals surface area contributed by atoms with Crippen molar-refractivity contribution in [3.05, 3.63) is 35.4 Å². The second-order valence-electron chi connectivity index (χ2n) is 6.77. The summed E-state index contributed by atoms with van der Waals surface area (Å²) in [7, 11) is 0. The summed E-state index contributed by atoms with van der Waals surface area (Å²) in [6.07, 6.45) is 1.09. The molecule has 2 rings (SSSR count). The highest BCUT2D eigenvalue weighted by Gasteiger charge is 2.36. The summed E-state index contributed by atoms with van der Waals surface area (Å²) < 4.78 is 0. The minimum atomic E-state index is -0.933. The molecule has 3 heteroatoms. The molecule has 1 aromatic rings. The standard InChI is InChI=1S/C17H27NO2/c1-13(2)10-14-4-6-15(7-5-14)11-18-9-8-17(3,20)16(19)12-18/h4-7,13,16,19-20H,8-12H2,1-3H3/t16-,17-/m1/s1. The van der Waals surface area contributed by atoms with Gasteiger partial charge in [-0.3, -0.25) is 4.90 Å². The number of β-amino-alcohol motifs (C(OH)–C–C–N with tert-alkyl or cyclic N) is 1. The highest BCUT2D eigenvalue weighted by molar-refractivity contribution is 5.23. The van der Waals surface area contributed by atoms with Gasteiger partial charge in [0.1, 0.15) is 0 Å². The van der Waals surface area contributed by atoms with Crippen LogP contribution in [0.25, 0.3) is 0 Å². The first-order chi connectivity index (χ1) is 9.37. The minimum absolute atomic E-state index is 0.542. The third-order valence-corrected chi connectivity index (χ3v) is 4.16. The molecule has 3 nitrogen and oxygen atoms in total. The third kappa shape index (κ3) is 4.05. The molecule has 112 valence electrons. The first-order valence-corrected chi connectivity index (χ1v) is 7.57. The molecule has 20 heavy (non-hydrogen) atoms. The molecular weight excluding hydrogens is 250 g/mol. The Kier molecular flexibility index (Phi) is 4.84. The molecule has 1 aromatic carbocycles. The average Bonchev–Trinajstić information content (AvgIpc) is 2.36. The molecule has 1 heterocycles. The summed E-state index contributed by atoms with van der Waals surface area (Å²) in [5.74, 6) is 0.681. The van der Waals surface area contributed by atoms with Crippen LogP contribution >= 0.6 is 0 Å². The third-order valence-electron chi connectivity index (χ3n) is 4.16. The molecule has 0 unspecified atom stereocenters. The van der Waals surface area contributed by atoms with E-state index in [0.717, 1.165) is 19.5 Å². The van der Waals surface area contributed by atoms with E-state index in [1.165, 1.54) is 11.1 Å². The lowest BCUT2D eigenvalue weighted by Crippen LogP contribution is -2.53. The van der Waals surface area contributed by atoms with Gasteiger partial charge < -0.3 is 10.2 Å². The zero-order valence-electron chi connectivity index (χ0n) is 12.8. The summed E-state index contributed by atoms with van der Waals surface area (Å²) >= 11 is 0. The van der Waals surface area contributed by atoms with E-state index in [1.54, 1.807) is 6.92 Å². The molecule has 0 bridgehead atoms. The normalized spacial score (nSPS) is 28.0. The summed E-state index contributed by atoms with van der Waals surface area (Å²) in [6, 6.07) is 8.76. The number of piperidine rings is 1. The van der Waals surface area contributed by atoms with Gasteiger partial charge in [0.2, 0.25) is 0 Å². The number of aliphatic hydroxyl groups excluding tert-OH is 1. The van der Waals surface area contributed by atoms with Crippen LogP contribution < -0.4 is 0 Å². The lowest BCUT2D eigenvalue weighted by molar-refractivity contribution is -0.108. The minimum Gasteiger partial charge on any atom is -0.389 e. The van der Waals surface area contributed by atoms with Crippen molar-refractivity contribution < 1.29 is 10.2 Å². The number of likely N-dealkylation sites (tertiary alicyclic amines) is 1. The topological polar surface area (TPSA) is 43.7 Å². The molecule has 2 atom stereocenters. The van der Waals surface area contributed by atoms with Crippen LogP contribution in [0.4, 0.5) is 0 Å². The van der Waals surface area contributed by atoms with Gasteiger partial charge in [-0.05, 0) is 36.8 Å². The van der Waals surface area contributed by atoms with Gasteiger partial charge in [-0.15, -0.1) is 0 Å². The number of rotatable bonds is 4. The molecule has 1 fully saturated rings. The van der Waals surface area contributed by atoms with Crippen molar-refractivity contribution >= 4 is 0 Å². The van der Waals surface area contributed by atoms with Crippen molar-refractivity contribution in [3.8, 4) is 0 Å². The molecule has 0 aromatic heterocycles. The van der Waals surface area contributed by atoms with Crippen molar-refractivity contribution in [1.29, 1.82) is 0 Å². The van der Waals surface area contributed by atoms with Crippen molar-refractivity contribution in [2.24, 2.45) is 5.92 Å². The van der Waals surface area contributed by atoms with Crippen molar-refractivity contribution in [3.63, 3.8) is 0 Å². The maximum atomic E-state index is 9.97. The van der Waals surface area contributed by atoms with Gasteiger partial charge in [-0.2, -0.15) is 0 Å². The predicted molar refractivity (Wildman–Crippen MR) is 81.5 cm³/mol. The van der Waals surface area contributed by atoms with E-state index in [9.17, 15) is 10.2 Å². The fourth-order valence-electron chi connectivity index (χ4n) is 2.74. The molecule has 0 spiro atoms. The molecule has 1 saturated heterocycles. The first kappa shape index (κ1) is 15.5. The van der Waals surface area contributed by atoms with Gasteiger partial charge in [0.15, 0.2) is 0 Å². The maximum absolute atomic E-state index is 9.97. The van der Waals surface area contributed by atoms with E-state index in [2.05, 4.69) is 43.0 Å². The Balaban J connectivity index is 1.91. The Morgan fingerprint density at radius 1 is 1.25 bits per heavy atom. The van der Waals surface area contributed by atoms with Crippen molar-refractivity contribution in [2.45, 2.75) is 51.9 Å². The Hall–Kier alpha value is -0.900. The van der Waals surface area contributed by atoms with Gasteiger partial charge in [-0.1, -0.05) is 38.1 Å². The van der Waals surface area contributed by atoms with Crippen LogP contribution in [-0.2, 0) is 13.0 Å². The van der Waals surface area contributed by atoms with E-state index in [1.807, 2.05) is 0 Å². The molecule has 2 N–H and O–H groups in total. The van der Waals surface area contributed by atoms with E-state index < -0.39 is 11.7 Å². The van der Waals surface area contributed by atoms with Crippen LogP contribution in [0.3, 0.4) is 0 Å². The summed E-state index contributed by atoms with van der Waals surface area (Å²) in [6.45, 7) is 8.40. The van der Waals surface area contributed by atoms with Crippen molar-refractivity contribution in [1.82, 2.24) is 4.90 Å². The molecule has 1 aliphatic rings. The summed E-state index contributed by atoms with van der Waals surface area (Å²) in [4.78, 5) is 2.21. The molecular formula is C17H27NO2. The summed E-state index contributed by atoms with van der Waals surface area (Å²) in [5, 5.41) is 19.9. The van der Waals surface area contributed by atoms with E-state index in [-0.39, 0.29) is 0 Å². The van der Waals surface area contributed by atoms with E-state index in [0.29, 0.717) is 18.9 Å². The Bertz CT molecular complexity index is 425. The molecule has 0 aliphatic carbocycles. The average molecular weight is 277 g/mol. The second kappa shape index (κ2) is 6.25. The second-order valence-corrected chi connectivity index (χ2v) is 6.77. The van der Waals surface area contributed by atoms with E-state index >= 15 is 0 Å². The van der Waals surface area contributed by atoms with Gasteiger partial charge >= 0.3 is 0 Å². The Labute approximate surface area is 122 Å². The Morgan fingerprint density at radius 3 is 2.40 bits per heavy atom. The van der Waals surface area contributed by atoms with Crippen LogP contribution in [0, 0.1) is 5.92 Å². The number of hydrogen-bond donors (Lipinski definition) is 2. The number of nitrogens with zero attached hydrogens (tertiary/aromatic N) is 1. The number of benzene rings is 1. The SMILES string of the molecule is CC(C)Cc1ccc(CN2CC[C@@](C)(O)[C@H](O)C2)cc1. The zero-order valence-corrected chi connectivity index (χ0v) is 12.8. The summed E-state index contributed by atoms with van der Waals surface area (Å²) in [5.41, 5.74) is 1.72. The zero-order chi connectivity index (χ0) is 14.8. The van der Waals surface area contributed by atoms with Crippen molar-refractivity contribution in [2.75, 3.05) is 13.1 Å². The quantitative estimate of drug-likeness (QED) is 0.887. The fourth-order valence-corrected chi connectivity index (χ4v) is 2.74. The maximum Gasteiger partial charge on any atom is 0.0951 e. The molecule has 0 amide bonds. The van der Waals surface area contributed by atoms with Gasteiger partial charge in [0.25, 0.3) is 0 Å². The van der Waals surface area contributed by atoms with Crippen LogP contribution in [-0.4, -0.2) is 39.9 Å². The van der Waals surface area contributed by atoms with Gasteiger partial charge in [-0.25, -0.2) is 0 Å². The van der Waals surface area contributed by atoms with Crippen LogP contribution in [0.1, 0.15) is 38.3 Å². The Morgan fingerprint density at radius 2 is 1.85 bits per heavy atom. The number of hydrogen-bond acceptors (Lipinski definition) is 3. The lowest BCUT2D eigenvalue weighted by atomic mass is 9.90. The smallest absolute Gasteiger partial charge is 0.0951 e. The fraction of sp³-hybridized carbons (Fsp3) is 0.647. The molecule has 1 aliphatic heterocycles. The number of aliphatic hydroxyl groups is 2. The lowest BCUT2D eigenvalue weighted by Gasteiger charge is -2.40. The highest BCUT2D eigenvalue weighted by Crippen LogP contribution is 2.23. The predicted octanol–water partition coefficient (Wildman–Crippen LogP) is 2.20. The van der Waals surface area contributed by atoms with E-state index in [4.69, 9.17) is 0 Å². The van der Waals surface area contributed by atoms with Crippen LogP contribution in [0.2, 0.25) is 0 Å². The van der Waals surface area contributed by atoms with Gasteiger partial charge in [0, 0.05) is 19.6 Å². The largest absolute Gasteiger partial charge is 0.389 e. The van der Waals surface area contributed by atoms with Gasteiger partial charge in [0.05, 0.1) is 11.7 Å². The highest BCUT2D eigenvalue weighted by atomic mass is 16.3. The van der Waals surface area contributed by atoms with Crippen LogP contribution in [0.15, 0.2) is 24.3 Å². The molecule has 0 saturated carbocycles. The van der Waals surface area contributed by atoms with Crippen LogP contribution in [0.5, 0.6) is 0 Å². The molecule has 0 radical (unpaired) electrons. The first-order valence-electron chi connectivity index (χ1n) is 7.57. The monoisotopic (exact) mass is 277 g/mol.